The maximum absolute atomic E-state index is 10.1. The van der Waals surface area contributed by atoms with E-state index in [1.165, 1.54) is 6.92 Å². The van der Waals surface area contributed by atoms with E-state index >= 15 is 0 Å². The van der Waals surface area contributed by atoms with Crippen LogP contribution in [0, 0.1) is 0 Å². The van der Waals surface area contributed by atoms with Crippen LogP contribution < -0.4 is 0 Å². The minimum atomic E-state index is -1.53. The minimum absolute atomic E-state index is 0.0540. The summed E-state index contributed by atoms with van der Waals surface area (Å²) in [5, 5.41) is 16.5. The molecular formula is C6H7BrO6. The van der Waals surface area contributed by atoms with E-state index < -0.39 is 12.3 Å². The van der Waals surface area contributed by atoms with Crippen LogP contribution in [0.5, 0.6) is 0 Å². The smallest absolute Gasteiger partial charge is 0.449 e. The lowest BCUT2D eigenvalue weighted by molar-refractivity contribution is 0.0985. The molecule has 0 radical (unpaired) electrons. The molecule has 13 heavy (non-hydrogen) atoms. The lowest BCUT2D eigenvalue weighted by Gasteiger charge is -2.05. The SMILES string of the molecule is C/C(OC(=O)O)=C(/CBr)OC(=O)O. The van der Waals surface area contributed by atoms with Crippen molar-refractivity contribution in [1.82, 2.24) is 0 Å². The molecule has 0 rings (SSSR count). The fourth-order valence-corrected chi connectivity index (χ4v) is 0.996. The summed E-state index contributed by atoms with van der Waals surface area (Å²) in [6.45, 7) is 1.29. The molecule has 2 N–H and O–H groups in total. The summed E-state index contributed by atoms with van der Waals surface area (Å²) in [6.07, 6.45) is -3.05. The molecule has 7 heteroatoms. The Morgan fingerprint density at radius 1 is 1.23 bits per heavy atom. The van der Waals surface area contributed by atoms with E-state index in [-0.39, 0.29) is 16.8 Å². The van der Waals surface area contributed by atoms with Crippen LogP contribution in [0.25, 0.3) is 0 Å². The number of halogens is 1. The lowest BCUT2D eigenvalue weighted by Crippen LogP contribution is -2.07. The third-order valence-corrected chi connectivity index (χ3v) is 1.47. The zero-order valence-corrected chi connectivity index (χ0v) is 8.20. The predicted octanol–water partition coefficient (Wildman–Crippen LogP) is 2.00. The third-order valence-electron chi connectivity index (χ3n) is 0.965. The highest BCUT2D eigenvalue weighted by Gasteiger charge is 2.11. The van der Waals surface area contributed by atoms with Gasteiger partial charge < -0.3 is 19.7 Å². The summed E-state index contributed by atoms with van der Waals surface area (Å²) in [7, 11) is 0. The molecule has 0 aromatic rings. The third kappa shape index (κ3) is 5.07. The van der Waals surface area contributed by atoms with Gasteiger partial charge in [0.2, 0.25) is 0 Å². The second-order valence-electron chi connectivity index (χ2n) is 1.85. The summed E-state index contributed by atoms with van der Waals surface area (Å²) in [6, 6.07) is 0. The van der Waals surface area contributed by atoms with Gasteiger partial charge in [0.15, 0.2) is 5.76 Å². The maximum Gasteiger partial charge on any atom is 0.511 e. The number of carboxylic acid groups (broad SMARTS) is 2. The monoisotopic (exact) mass is 254 g/mol. The molecule has 0 saturated heterocycles. The fraction of sp³-hybridized carbons (Fsp3) is 0.333. The van der Waals surface area contributed by atoms with E-state index in [9.17, 15) is 9.59 Å². The van der Waals surface area contributed by atoms with Crippen LogP contribution in [-0.2, 0) is 9.47 Å². The molecule has 0 spiro atoms. The minimum Gasteiger partial charge on any atom is -0.449 e. The Kier molecular flexibility index (Phi) is 4.90. The Hall–Kier alpha value is -1.24. The number of hydrogen-bond donors (Lipinski definition) is 2. The standard InChI is InChI=1S/C6H7BrO6/c1-3(12-5(8)9)4(2-7)13-6(10)11/h2H2,1H3,(H,8,9)(H,10,11)/b4-3+. The van der Waals surface area contributed by atoms with E-state index in [4.69, 9.17) is 10.2 Å². The quantitative estimate of drug-likeness (QED) is 0.455. The van der Waals surface area contributed by atoms with Gasteiger partial charge in [-0.1, -0.05) is 15.9 Å². The molecule has 0 amide bonds. The van der Waals surface area contributed by atoms with Gasteiger partial charge in [0.05, 0.1) is 5.33 Å². The van der Waals surface area contributed by atoms with Crippen molar-refractivity contribution in [3.8, 4) is 0 Å². The number of carbonyl (C=O) groups is 2. The molecule has 0 aromatic carbocycles. The van der Waals surface area contributed by atoms with E-state index in [0.29, 0.717) is 0 Å². The normalized spacial score (nSPS) is 11.5. The molecule has 0 unspecified atom stereocenters. The molecule has 74 valence electrons. The predicted molar refractivity (Wildman–Crippen MR) is 44.7 cm³/mol. The van der Waals surface area contributed by atoms with Crippen LogP contribution in [0.1, 0.15) is 6.92 Å². The first-order valence-electron chi connectivity index (χ1n) is 3.04. The van der Waals surface area contributed by atoms with Gasteiger partial charge in [-0.2, -0.15) is 0 Å². The summed E-state index contributed by atoms with van der Waals surface area (Å²) < 4.78 is 8.41. The van der Waals surface area contributed by atoms with E-state index in [1.54, 1.807) is 0 Å². The molecular weight excluding hydrogens is 248 g/mol. The van der Waals surface area contributed by atoms with Gasteiger partial charge in [-0.3, -0.25) is 0 Å². The highest BCUT2D eigenvalue weighted by molar-refractivity contribution is 9.09. The molecule has 0 bridgehead atoms. The summed E-state index contributed by atoms with van der Waals surface area (Å²) >= 11 is 2.92. The first kappa shape index (κ1) is 11.8. The van der Waals surface area contributed by atoms with Gasteiger partial charge in [-0.15, -0.1) is 0 Å². The number of alkyl halides is 1. The average Bonchev–Trinajstić information content (AvgIpc) is 1.98. The van der Waals surface area contributed by atoms with Gasteiger partial charge in [0.1, 0.15) is 5.76 Å². The van der Waals surface area contributed by atoms with Crippen molar-refractivity contribution in [3.05, 3.63) is 11.5 Å². The van der Waals surface area contributed by atoms with Crippen LogP contribution in [-0.4, -0.2) is 27.9 Å². The van der Waals surface area contributed by atoms with E-state index in [2.05, 4.69) is 25.4 Å². The van der Waals surface area contributed by atoms with Crippen LogP contribution in [0.3, 0.4) is 0 Å². The van der Waals surface area contributed by atoms with Gasteiger partial charge in [-0.25, -0.2) is 9.59 Å². The van der Waals surface area contributed by atoms with Crippen molar-refractivity contribution in [3.63, 3.8) is 0 Å². The largest absolute Gasteiger partial charge is 0.511 e. The molecule has 0 fully saturated rings. The highest BCUT2D eigenvalue weighted by Crippen LogP contribution is 2.10. The number of hydrogen-bond acceptors (Lipinski definition) is 4. The van der Waals surface area contributed by atoms with Gasteiger partial charge in [0, 0.05) is 0 Å². The van der Waals surface area contributed by atoms with Crippen molar-refractivity contribution in [2.75, 3.05) is 5.33 Å². The van der Waals surface area contributed by atoms with E-state index in [0.717, 1.165) is 0 Å². The zero-order valence-electron chi connectivity index (χ0n) is 6.61. The average molecular weight is 255 g/mol. The second-order valence-corrected chi connectivity index (χ2v) is 2.41. The van der Waals surface area contributed by atoms with Gasteiger partial charge in [-0.05, 0) is 6.92 Å². The highest BCUT2D eigenvalue weighted by atomic mass is 79.9. The fourth-order valence-electron chi connectivity index (χ4n) is 0.487. The Labute approximate surface area is 81.9 Å². The van der Waals surface area contributed by atoms with Crippen LogP contribution in [0.15, 0.2) is 11.5 Å². The molecule has 0 aromatic heterocycles. The van der Waals surface area contributed by atoms with Crippen LogP contribution in [0.4, 0.5) is 9.59 Å². The summed E-state index contributed by atoms with van der Waals surface area (Å²) in [4.78, 5) is 20.1. The van der Waals surface area contributed by atoms with Crippen LogP contribution >= 0.6 is 15.9 Å². The Balaban J connectivity index is 4.48. The number of allylic oxidation sites excluding steroid dienone is 2. The molecule has 0 aliphatic rings. The molecule has 0 heterocycles. The van der Waals surface area contributed by atoms with E-state index in [1.807, 2.05) is 0 Å². The molecule has 0 aliphatic heterocycles. The summed E-state index contributed by atoms with van der Waals surface area (Å²) in [5.74, 6) is -0.221. The maximum atomic E-state index is 10.1. The molecule has 6 nitrogen and oxygen atoms in total. The number of rotatable bonds is 3. The first-order valence-corrected chi connectivity index (χ1v) is 4.16. The Bertz CT molecular complexity index is 246. The van der Waals surface area contributed by atoms with Crippen molar-refractivity contribution >= 4 is 28.2 Å². The molecule has 0 aliphatic carbocycles. The van der Waals surface area contributed by atoms with Gasteiger partial charge >= 0.3 is 12.3 Å². The van der Waals surface area contributed by atoms with Crippen molar-refractivity contribution in [1.29, 1.82) is 0 Å². The summed E-state index contributed by atoms with van der Waals surface area (Å²) in [5.41, 5.74) is 0. The molecule has 0 saturated carbocycles. The lowest BCUT2D eigenvalue weighted by atomic mass is 10.5. The molecule has 0 atom stereocenters. The zero-order chi connectivity index (χ0) is 10.4. The second kappa shape index (κ2) is 5.41. The van der Waals surface area contributed by atoms with Crippen LogP contribution in [0.2, 0.25) is 0 Å². The van der Waals surface area contributed by atoms with Crippen molar-refractivity contribution in [2.24, 2.45) is 0 Å². The number of ether oxygens (including phenoxy) is 2. The Morgan fingerprint density at radius 2 is 1.69 bits per heavy atom. The van der Waals surface area contributed by atoms with Gasteiger partial charge in [0.25, 0.3) is 0 Å². The van der Waals surface area contributed by atoms with Crippen molar-refractivity contribution < 1.29 is 29.3 Å². The topological polar surface area (TPSA) is 93.1 Å². The Morgan fingerprint density at radius 3 is 2.00 bits per heavy atom. The first-order chi connectivity index (χ1) is 5.97. The van der Waals surface area contributed by atoms with Crippen molar-refractivity contribution in [2.45, 2.75) is 6.92 Å².